The topological polar surface area (TPSA) is 49.4 Å². The van der Waals surface area contributed by atoms with Gasteiger partial charge in [-0.2, -0.15) is 0 Å². The first kappa shape index (κ1) is 11.1. The molecule has 2 unspecified atom stereocenters. The summed E-state index contributed by atoms with van der Waals surface area (Å²) in [6, 6.07) is -0.543. The largest absolute Gasteiger partial charge is 0.342 e. The molecule has 0 aromatic heterocycles. The molecular weight excluding hydrogens is 216 g/mol. The summed E-state index contributed by atoms with van der Waals surface area (Å²) in [6.07, 6.45) is 5.40. The van der Waals surface area contributed by atoms with Gasteiger partial charge in [0.05, 0.1) is 0 Å². The number of hydrogen-bond acceptors (Lipinski definition) is 2. The average molecular weight is 236 g/mol. The number of amides is 2. The molecule has 3 rings (SSSR count). The van der Waals surface area contributed by atoms with Gasteiger partial charge in [-0.25, -0.2) is 0 Å². The highest BCUT2D eigenvalue weighted by atomic mass is 16.2. The molecule has 17 heavy (non-hydrogen) atoms. The maximum absolute atomic E-state index is 12.5. The molecule has 2 saturated carbocycles. The standard InChI is InChI=1S/C13H20N2O2/c1-8-11(16)14-10(9-4-5-9)12(17)15(8)13(2)6-3-7-13/h8-10H,3-7H2,1-2H3,(H,14,16). The van der Waals surface area contributed by atoms with Crippen molar-refractivity contribution in [3.8, 4) is 0 Å². The monoisotopic (exact) mass is 236 g/mol. The lowest BCUT2D eigenvalue weighted by molar-refractivity contribution is -0.160. The Hall–Kier alpha value is -1.06. The van der Waals surface area contributed by atoms with Crippen molar-refractivity contribution in [3.05, 3.63) is 0 Å². The third-order valence-corrected chi connectivity index (χ3v) is 4.67. The highest BCUT2D eigenvalue weighted by molar-refractivity contribution is 5.97. The van der Waals surface area contributed by atoms with Crippen molar-refractivity contribution in [1.29, 1.82) is 0 Å². The Morgan fingerprint density at radius 1 is 1.29 bits per heavy atom. The van der Waals surface area contributed by atoms with Gasteiger partial charge in [0, 0.05) is 5.54 Å². The lowest BCUT2D eigenvalue weighted by atomic mass is 9.75. The minimum absolute atomic E-state index is 0.0228. The van der Waals surface area contributed by atoms with E-state index in [1.807, 2.05) is 11.8 Å². The van der Waals surface area contributed by atoms with Crippen molar-refractivity contribution < 1.29 is 9.59 Å². The van der Waals surface area contributed by atoms with E-state index in [1.165, 1.54) is 6.42 Å². The molecule has 4 nitrogen and oxygen atoms in total. The van der Waals surface area contributed by atoms with Crippen LogP contribution in [0.3, 0.4) is 0 Å². The lowest BCUT2D eigenvalue weighted by Crippen LogP contribution is -2.70. The van der Waals surface area contributed by atoms with E-state index >= 15 is 0 Å². The third kappa shape index (κ3) is 1.57. The Bertz CT molecular complexity index is 372. The third-order valence-electron chi connectivity index (χ3n) is 4.67. The number of rotatable bonds is 2. The SMILES string of the molecule is CC1C(=O)NC(C2CC2)C(=O)N1C1(C)CCC1. The molecule has 0 radical (unpaired) electrons. The summed E-state index contributed by atoms with van der Waals surface area (Å²) in [5, 5.41) is 2.90. The number of nitrogens with one attached hydrogen (secondary N) is 1. The van der Waals surface area contributed by atoms with Gasteiger partial charge in [0.1, 0.15) is 12.1 Å². The summed E-state index contributed by atoms with van der Waals surface area (Å²) in [5.74, 6) is 0.571. The lowest BCUT2D eigenvalue weighted by Gasteiger charge is -2.53. The van der Waals surface area contributed by atoms with Gasteiger partial charge in [0.2, 0.25) is 11.8 Å². The molecule has 0 aromatic carbocycles. The molecule has 94 valence electrons. The summed E-state index contributed by atoms with van der Waals surface area (Å²) in [5.41, 5.74) is -0.0681. The van der Waals surface area contributed by atoms with Crippen molar-refractivity contribution in [2.24, 2.45) is 5.92 Å². The molecule has 0 spiro atoms. The van der Waals surface area contributed by atoms with Crippen LogP contribution in [-0.4, -0.2) is 34.3 Å². The van der Waals surface area contributed by atoms with E-state index in [4.69, 9.17) is 0 Å². The van der Waals surface area contributed by atoms with Gasteiger partial charge >= 0.3 is 0 Å². The zero-order chi connectivity index (χ0) is 12.2. The van der Waals surface area contributed by atoms with Crippen molar-refractivity contribution in [2.45, 2.75) is 63.6 Å². The van der Waals surface area contributed by atoms with Gasteiger partial charge in [0.15, 0.2) is 0 Å². The summed E-state index contributed by atoms with van der Waals surface area (Å²) in [7, 11) is 0. The van der Waals surface area contributed by atoms with Gasteiger partial charge in [-0.05, 0) is 51.9 Å². The molecule has 1 saturated heterocycles. The van der Waals surface area contributed by atoms with Crippen LogP contribution in [0, 0.1) is 5.92 Å². The summed E-state index contributed by atoms with van der Waals surface area (Å²) in [6.45, 7) is 3.97. The second-order valence-corrected chi connectivity index (χ2v) is 6.06. The molecule has 2 atom stereocenters. The molecule has 3 aliphatic rings. The predicted octanol–water partition coefficient (Wildman–Crippen LogP) is 1.05. The van der Waals surface area contributed by atoms with Gasteiger partial charge in [0.25, 0.3) is 0 Å². The average Bonchev–Trinajstić information content (AvgIpc) is 3.05. The fourth-order valence-electron chi connectivity index (χ4n) is 3.21. The van der Waals surface area contributed by atoms with Crippen LogP contribution < -0.4 is 5.32 Å². The van der Waals surface area contributed by atoms with Gasteiger partial charge < -0.3 is 10.2 Å². The molecule has 0 bridgehead atoms. The van der Waals surface area contributed by atoms with Crippen molar-refractivity contribution in [2.75, 3.05) is 0 Å². The van der Waals surface area contributed by atoms with E-state index < -0.39 is 0 Å². The predicted molar refractivity (Wildman–Crippen MR) is 63.2 cm³/mol. The van der Waals surface area contributed by atoms with E-state index in [9.17, 15) is 9.59 Å². The number of carbonyl (C=O) groups excluding carboxylic acids is 2. The molecular formula is C13H20N2O2. The van der Waals surface area contributed by atoms with Crippen LogP contribution in [0.4, 0.5) is 0 Å². The Balaban J connectivity index is 1.87. The second-order valence-electron chi connectivity index (χ2n) is 6.06. The fraction of sp³-hybridized carbons (Fsp3) is 0.846. The highest BCUT2D eigenvalue weighted by Gasteiger charge is 2.52. The number of nitrogens with zero attached hydrogens (tertiary/aromatic N) is 1. The van der Waals surface area contributed by atoms with Gasteiger partial charge in [-0.15, -0.1) is 0 Å². The Labute approximate surface area is 102 Å². The van der Waals surface area contributed by atoms with Crippen LogP contribution in [0.1, 0.15) is 46.0 Å². The first-order valence-corrected chi connectivity index (χ1v) is 6.66. The minimum Gasteiger partial charge on any atom is -0.342 e. The molecule has 2 aliphatic carbocycles. The number of hydrogen-bond donors (Lipinski definition) is 1. The summed E-state index contributed by atoms with van der Waals surface area (Å²) in [4.78, 5) is 26.4. The van der Waals surface area contributed by atoms with Crippen LogP contribution >= 0.6 is 0 Å². The fourth-order valence-corrected chi connectivity index (χ4v) is 3.21. The van der Waals surface area contributed by atoms with Crippen LogP contribution in [0.15, 0.2) is 0 Å². The smallest absolute Gasteiger partial charge is 0.246 e. The Morgan fingerprint density at radius 3 is 2.41 bits per heavy atom. The van der Waals surface area contributed by atoms with E-state index in [-0.39, 0.29) is 29.4 Å². The molecule has 1 aliphatic heterocycles. The molecule has 4 heteroatoms. The highest BCUT2D eigenvalue weighted by Crippen LogP contribution is 2.42. The van der Waals surface area contributed by atoms with Crippen LogP contribution in [-0.2, 0) is 9.59 Å². The first-order valence-electron chi connectivity index (χ1n) is 6.66. The summed E-state index contributed by atoms with van der Waals surface area (Å²) < 4.78 is 0. The van der Waals surface area contributed by atoms with Crippen molar-refractivity contribution >= 4 is 11.8 Å². The first-order chi connectivity index (χ1) is 8.03. The van der Waals surface area contributed by atoms with E-state index in [0.717, 1.165) is 25.7 Å². The number of carbonyl (C=O) groups is 2. The summed E-state index contributed by atoms with van der Waals surface area (Å²) >= 11 is 0. The van der Waals surface area contributed by atoms with E-state index in [0.29, 0.717) is 5.92 Å². The number of piperazine rings is 1. The zero-order valence-corrected chi connectivity index (χ0v) is 10.5. The molecule has 0 aromatic rings. The van der Waals surface area contributed by atoms with Crippen LogP contribution in [0.2, 0.25) is 0 Å². The minimum atomic E-state index is -0.303. The quantitative estimate of drug-likeness (QED) is 0.779. The van der Waals surface area contributed by atoms with Gasteiger partial charge in [-0.1, -0.05) is 0 Å². The molecule has 1 heterocycles. The molecule has 3 fully saturated rings. The maximum atomic E-state index is 12.5. The van der Waals surface area contributed by atoms with Gasteiger partial charge in [-0.3, -0.25) is 9.59 Å². The second kappa shape index (κ2) is 3.47. The Morgan fingerprint density at radius 2 is 1.94 bits per heavy atom. The normalized spacial score (nSPS) is 36.5. The van der Waals surface area contributed by atoms with E-state index in [2.05, 4.69) is 12.2 Å². The zero-order valence-electron chi connectivity index (χ0n) is 10.5. The van der Waals surface area contributed by atoms with E-state index in [1.54, 1.807) is 0 Å². The van der Waals surface area contributed by atoms with Crippen LogP contribution in [0.5, 0.6) is 0 Å². The van der Waals surface area contributed by atoms with Crippen molar-refractivity contribution in [1.82, 2.24) is 10.2 Å². The molecule has 2 amide bonds. The van der Waals surface area contributed by atoms with Crippen LogP contribution in [0.25, 0.3) is 0 Å². The molecule has 1 N–H and O–H groups in total. The Kier molecular flexibility index (Phi) is 2.25. The maximum Gasteiger partial charge on any atom is 0.246 e. The van der Waals surface area contributed by atoms with Crippen molar-refractivity contribution in [3.63, 3.8) is 0 Å².